The van der Waals surface area contributed by atoms with Crippen LogP contribution in [0.1, 0.15) is 38.8 Å². The van der Waals surface area contributed by atoms with Gasteiger partial charge in [-0.3, -0.25) is 9.78 Å². The number of ether oxygens (including phenoxy) is 2. The van der Waals surface area contributed by atoms with E-state index in [9.17, 15) is 18.0 Å². The lowest BCUT2D eigenvalue weighted by molar-refractivity contribution is -0.137. The van der Waals surface area contributed by atoms with Crippen molar-refractivity contribution in [3.8, 4) is 0 Å². The van der Waals surface area contributed by atoms with Crippen LogP contribution < -0.4 is 5.73 Å². The number of halogens is 4. The van der Waals surface area contributed by atoms with Gasteiger partial charge in [0.2, 0.25) is 0 Å². The van der Waals surface area contributed by atoms with E-state index in [2.05, 4.69) is 9.97 Å². The first-order valence-corrected chi connectivity index (χ1v) is 10.5. The van der Waals surface area contributed by atoms with Crippen molar-refractivity contribution >= 4 is 34.2 Å². The van der Waals surface area contributed by atoms with Gasteiger partial charge in [-0.25, -0.2) is 4.98 Å². The number of aromatic nitrogens is 2. The Kier molecular flexibility index (Phi) is 5.38. The fraction of sp³-hybridized carbons (Fsp3) is 0.318. The average Bonchev–Trinajstić information content (AvgIpc) is 3.29. The molecule has 1 saturated heterocycles. The Bertz CT molecular complexity index is 1250. The van der Waals surface area contributed by atoms with Gasteiger partial charge in [-0.2, -0.15) is 13.2 Å². The first-order chi connectivity index (χ1) is 15.7. The standard InChI is InChI=1S/C22H18ClF3N4O3/c23-16-6-18-12(14-8-33-9-15(14)20(27)29-18)5-13(16)21(31)30-3-4-32-10-19(30)17-2-1-11(7-28-17)22(24,25)26/h1-2,5-7,19H,3-4,8-10H2,(H2,27,29). The number of carbonyl (C=O) groups excluding carboxylic acids is 1. The highest BCUT2D eigenvalue weighted by atomic mass is 35.5. The monoisotopic (exact) mass is 478 g/mol. The second-order valence-electron chi connectivity index (χ2n) is 7.85. The summed E-state index contributed by atoms with van der Waals surface area (Å²) in [6, 6.07) is 4.82. The summed E-state index contributed by atoms with van der Waals surface area (Å²) < 4.78 is 49.7. The third kappa shape index (κ3) is 3.88. The number of nitrogens with two attached hydrogens (primary N) is 1. The molecule has 2 aliphatic heterocycles. The normalized spacial score (nSPS) is 18.5. The van der Waals surface area contributed by atoms with E-state index in [1.165, 1.54) is 11.0 Å². The lowest BCUT2D eigenvalue weighted by Gasteiger charge is -2.35. The molecule has 1 atom stereocenters. The van der Waals surface area contributed by atoms with Crippen LogP contribution in [0.2, 0.25) is 5.02 Å². The van der Waals surface area contributed by atoms with Gasteiger partial charge in [0.25, 0.3) is 5.91 Å². The fourth-order valence-corrected chi connectivity index (χ4v) is 4.41. The zero-order chi connectivity index (χ0) is 23.3. The molecule has 1 aromatic carbocycles. The van der Waals surface area contributed by atoms with Gasteiger partial charge < -0.3 is 20.1 Å². The summed E-state index contributed by atoms with van der Waals surface area (Å²) in [6.07, 6.45) is -3.74. The highest BCUT2D eigenvalue weighted by molar-refractivity contribution is 6.34. The van der Waals surface area contributed by atoms with Crippen LogP contribution in [0.15, 0.2) is 30.5 Å². The number of carbonyl (C=O) groups is 1. The molecule has 0 aliphatic carbocycles. The summed E-state index contributed by atoms with van der Waals surface area (Å²) >= 11 is 6.45. The number of nitrogens with zero attached hydrogens (tertiary/aromatic N) is 3. The maximum absolute atomic E-state index is 13.5. The van der Waals surface area contributed by atoms with E-state index in [0.717, 1.165) is 28.8 Å². The van der Waals surface area contributed by atoms with Gasteiger partial charge >= 0.3 is 6.18 Å². The van der Waals surface area contributed by atoms with Crippen molar-refractivity contribution in [2.45, 2.75) is 25.4 Å². The second-order valence-corrected chi connectivity index (χ2v) is 8.26. The van der Waals surface area contributed by atoms with Gasteiger partial charge in [-0.05, 0) is 29.8 Å². The first kappa shape index (κ1) is 21.9. The second kappa shape index (κ2) is 8.12. The molecule has 3 aromatic rings. The summed E-state index contributed by atoms with van der Waals surface area (Å²) in [5.74, 6) is -0.00634. The van der Waals surface area contributed by atoms with Crippen LogP contribution >= 0.6 is 11.6 Å². The number of rotatable bonds is 2. The number of hydrogen-bond donors (Lipinski definition) is 1. The lowest BCUT2D eigenvalue weighted by Crippen LogP contribution is -2.43. The molecule has 1 fully saturated rings. The molecule has 2 N–H and O–H groups in total. The summed E-state index contributed by atoms with van der Waals surface area (Å²) in [6.45, 7) is 1.33. The minimum absolute atomic E-state index is 0.108. The maximum Gasteiger partial charge on any atom is 0.417 e. The Balaban J connectivity index is 1.52. The topological polar surface area (TPSA) is 90.6 Å². The van der Waals surface area contributed by atoms with Crippen molar-refractivity contribution in [1.82, 2.24) is 14.9 Å². The largest absolute Gasteiger partial charge is 0.417 e. The number of amides is 1. The molecule has 7 nitrogen and oxygen atoms in total. The molecule has 0 radical (unpaired) electrons. The van der Waals surface area contributed by atoms with Crippen LogP contribution in [-0.4, -0.2) is 40.5 Å². The van der Waals surface area contributed by atoms with E-state index in [-0.39, 0.29) is 36.3 Å². The van der Waals surface area contributed by atoms with Crippen molar-refractivity contribution in [3.05, 3.63) is 63.4 Å². The van der Waals surface area contributed by atoms with Crippen LogP contribution in [-0.2, 0) is 28.9 Å². The SMILES string of the molecule is Nc1nc2cc(Cl)c(C(=O)N3CCOCC3c3ccc(C(F)(F)F)cn3)cc2c2c1COC2. The molecule has 0 bridgehead atoms. The molecular weight excluding hydrogens is 461 g/mol. The van der Waals surface area contributed by atoms with Crippen molar-refractivity contribution in [1.29, 1.82) is 0 Å². The van der Waals surface area contributed by atoms with Gasteiger partial charge in [-0.15, -0.1) is 0 Å². The molecular formula is C22H18ClF3N4O3. The predicted molar refractivity (Wildman–Crippen MR) is 113 cm³/mol. The predicted octanol–water partition coefficient (Wildman–Crippen LogP) is 4.13. The van der Waals surface area contributed by atoms with Crippen molar-refractivity contribution in [2.24, 2.45) is 0 Å². The van der Waals surface area contributed by atoms with Crippen LogP contribution in [0.3, 0.4) is 0 Å². The number of morpholine rings is 1. The summed E-state index contributed by atoms with van der Waals surface area (Å²) in [5, 5.41) is 0.922. The minimum Gasteiger partial charge on any atom is -0.383 e. The summed E-state index contributed by atoms with van der Waals surface area (Å²) in [4.78, 5) is 23.4. The zero-order valence-electron chi connectivity index (χ0n) is 17.2. The third-order valence-electron chi connectivity index (χ3n) is 5.89. The average molecular weight is 479 g/mol. The maximum atomic E-state index is 13.5. The van der Waals surface area contributed by atoms with Crippen LogP contribution in [0, 0.1) is 0 Å². The smallest absolute Gasteiger partial charge is 0.383 e. The van der Waals surface area contributed by atoms with Gasteiger partial charge in [0.15, 0.2) is 0 Å². The molecule has 2 aromatic heterocycles. The van der Waals surface area contributed by atoms with Crippen molar-refractivity contribution in [2.75, 3.05) is 25.5 Å². The molecule has 1 unspecified atom stereocenters. The molecule has 0 saturated carbocycles. The highest BCUT2D eigenvalue weighted by Gasteiger charge is 2.34. The molecule has 5 rings (SSSR count). The molecule has 2 aliphatic rings. The van der Waals surface area contributed by atoms with Crippen LogP contribution in [0.4, 0.5) is 19.0 Å². The Hall–Kier alpha value is -2.95. The Labute approximate surface area is 191 Å². The molecule has 33 heavy (non-hydrogen) atoms. The van der Waals surface area contributed by atoms with E-state index in [1.807, 2.05) is 0 Å². The van der Waals surface area contributed by atoms with Crippen molar-refractivity contribution in [3.63, 3.8) is 0 Å². The first-order valence-electron chi connectivity index (χ1n) is 10.1. The van der Waals surface area contributed by atoms with Gasteiger partial charge in [-0.1, -0.05) is 11.6 Å². The molecule has 172 valence electrons. The Morgan fingerprint density at radius 3 is 2.70 bits per heavy atom. The molecule has 0 spiro atoms. The van der Waals surface area contributed by atoms with Gasteiger partial charge in [0, 0.05) is 23.7 Å². The molecule has 4 heterocycles. The lowest BCUT2D eigenvalue weighted by atomic mass is 10.0. The quantitative estimate of drug-likeness (QED) is 0.595. The summed E-state index contributed by atoms with van der Waals surface area (Å²) in [7, 11) is 0. The van der Waals surface area contributed by atoms with Gasteiger partial charge in [0.05, 0.1) is 59.8 Å². The van der Waals surface area contributed by atoms with Crippen LogP contribution in [0.5, 0.6) is 0 Å². The minimum atomic E-state index is -4.50. The van der Waals surface area contributed by atoms with E-state index in [1.54, 1.807) is 12.1 Å². The number of fused-ring (bicyclic) bond motifs is 3. The van der Waals surface area contributed by atoms with E-state index in [4.69, 9.17) is 26.8 Å². The van der Waals surface area contributed by atoms with Crippen LogP contribution in [0.25, 0.3) is 10.9 Å². The van der Waals surface area contributed by atoms with E-state index < -0.39 is 17.8 Å². The van der Waals surface area contributed by atoms with E-state index >= 15 is 0 Å². The summed E-state index contributed by atoms with van der Waals surface area (Å²) in [5.41, 5.74) is 7.93. The molecule has 11 heteroatoms. The van der Waals surface area contributed by atoms with Gasteiger partial charge in [0.1, 0.15) is 5.82 Å². The number of nitrogen functional groups attached to an aromatic ring is 1. The highest BCUT2D eigenvalue weighted by Crippen LogP contribution is 2.36. The third-order valence-corrected chi connectivity index (χ3v) is 6.21. The number of hydrogen-bond acceptors (Lipinski definition) is 6. The Morgan fingerprint density at radius 2 is 1.97 bits per heavy atom. The number of anilines is 1. The number of pyridine rings is 2. The fourth-order valence-electron chi connectivity index (χ4n) is 4.17. The van der Waals surface area contributed by atoms with Crippen molar-refractivity contribution < 1.29 is 27.4 Å². The zero-order valence-corrected chi connectivity index (χ0v) is 17.9. The van der Waals surface area contributed by atoms with E-state index in [0.29, 0.717) is 30.2 Å². The Morgan fingerprint density at radius 1 is 1.18 bits per heavy atom. The number of alkyl halides is 3. The number of benzene rings is 1. The molecule has 1 amide bonds.